The van der Waals surface area contributed by atoms with E-state index in [0.717, 1.165) is 0 Å². The fourth-order valence-electron chi connectivity index (χ4n) is 2.72. The minimum Gasteiger partial charge on any atom is -0.423 e. The molecule has 0 spiro atoms. The lowest BCUT2D eigenvalue weighted by atomic mass is 10.1. The van der Waals surface area contributed by atoms with Gasteiger partial charge in [0.25, 0.3) is 5.52 Å². The molecule has 0 saturated heterocycles. The molecule has 1 unspecified atom stereocenters. The Labute approximate surface area is 187 Å². The van der Waals surface area contributed by atoms with Gasteiger partial charge in [-0.3, -0.25) is 9.36 Å². The summed E-state index contributed by atoms with van der Waals surface area (Å²) in [6, 6.07) is 10.7. The van der Waals surface area contributed by atoms with Gasteiger partial charge in [-0.15, -0.1) is 0 Å². The Balaban J connectivity index is 2.68. The van der Waals surface area contributed by atoms with Crippen molar-refractivity contribution in [3.05, 3.63) is 77.9 Å². The number of ether oxygens (including phenoxy) is 2. The summed E-state index contributed by atoms with van der Waals surface area (Å²) in [7, 11) is -4.04. The zero-order chi connectivity index (χ0) is 24.1. The minimum atomic E-state index is -4.04. The Morgan fingerprint density at radius 3 is 2.03 bits per heavy atom. The predicted octanol–water partition coefficient (Wildman–Crippen LogP) is 4.74. The highest BCUT2D eigenvalue weighted by Crippen LogP contribution is 2.51. The molecule has 7 nitrogen and oxygen atoms in total. The summed E-state index contributed by atoms with van der Waals surface area (Å²) < 4.78 is 29.8. The third-order valence-corrected chi connectivity index (χ3v) is 6.63. The molecule has 0 aliphatic heterocycles. The standard InChI is InChI=1S/C24H25O7P/c1-7-29-32(28,19-11-9-8-10-12-19)24(27)21-17(6)13-18(30-22(25)15(2)3)14-20(21)31-23(26)16(4)5/h8-14H,2,4,7H2,1,3,5-6H3. The summed E-state index contributed by atoms with van der Waals surface area (Å²) in [6.45, 7) is 13.2. The van der Waals surface area contributed by atoms with Crippen molar-refractivity contribution >= 4 is 30.1 Å². The first-order valence-corrected chi connectivity index (χ1v) is 11.4. The number of hydrogen-bond acceptors (Lipinski definition) is 7. The third kappa shape index (κ3) is 5.49. The van der Waals surface area contributed by atoms with E-state index < -0.39 is 24.8 Å². The molecule has 0 heterocycles. The van der Waals surface area contributed by atoms with E-state index in [-0.39, 0.29) is 45.7 Å². The molecular formula is C24H25O7P. The molecule has 0 bridgehead atoms. The summed E-state index contributed by atoms with van der Waals surface area (Å²) in [4.78, 5) is 37.7. The van der Waals surface area contributed by atoms with Gasteiger partial charge in [-0.2, -0.15) is 0 Å². The first-order valence-electron chi connectivity index (χ1n) is 9.76. The molecule has 0 aliphatic rings. The highest BCUT2D eigenvalue weighted by Gasteiger charge is 2.39. The maximum absolute atomic E-state index is 13.8. The predicted molar refractivity (Wildman–Crippen MR) is 122 cm³/mol. The van der Waals surface area contributed by atoms with Crippen LogP contribution in [0.2, 0.25) is 0 Å². The van der Waals surface area contributed by atoms with Crippen LogP contribution < -0.4 is 14.8 Å². The van der Waals surface area contributed by atoms with Gasteiger partial charge in [0.2, 0.25) is 0 Å². The lowest BCUT2D eigenvalue weighted by Crippen LogP contribution is -2.19. The van der Waals surface area contributed by atoms with Gasteiger partial charge in [0, 0.05) is 22.5 Å². The van der Waals surface area contributed by atoms with E-state index in [1.165, 1.54) is 38.1 Å². The third-order valence-electron chi connectivity index (χ3n) is 4.27. The number of hydrogen-bond donors (Lipinski definition) is 0. The molecule has 0 amide bonds. The monoisotopic (exact) mass is 456 g/mol. The van der Waals surface area contributed by atoms with Crippen LogP contribution in [0.3, 0.4) is 0 Å². The average Bonchev–Trinajstić information content (AvgIpc) is 2.73. The molecule has 0 saturated carbocycles. The number of aryl methyl sites for hydroxylation is 1. The lowest BCUT2D eigenvalue weighted by molar-refractivity contribution is -0.130. The van der Waals surface area contributed by atoms with E-state index in [1.54, 1.807) is 32.0 Å². The number of rotatable bonds is 9. The van der Waals surface area contributed by atoms with Crippen LogP contribution in [0.4, 0.5) is 0 Å². The van der Waals surface area contributed by atoms with Gasteiger partial charge in [0.1, 0.15) is 11.5 Å². The van der Waals surface area contributed by atoms with E-state index in [0.29, 0.717) is 0 Å². The molecule has 2 aromatic carbocycles. The number of carbonyl (C=O) groups excluding carboxylic acids is 3. The van der Waals surface area contributed by atoms with Gasteiger partial charge >= 0.3 is 19.3 Å². The van der Waals surface area contributed by atoms with Crippen LogP contribution in [-0.4, -0.2) is 24.1 Å². The van der Waals surface area contributed by atoms with Crippen molar-refractivity contribution in [2.24, 2.45) is 0 Å². The van der Waals surface area contributed by atoms with Crippen LogP contribution in [0.1, 0.15) is 36.7 Å². The van der Waals surface area contributed by atoms with Crippen LogP contribution in [-0.2, 0) is 18.7 Å². The Morgan fingerprint density at radius 2 is 1.50 bits per heavy atom. The van der Waals surface area contributed by atoms with Crippen LogP contribution in [0.25, 0.3) is 0 Å². The fraction of sp³-hybridized carbons (Fsp3) is 0.208. The Hall–Kier alpha value is -3.28. The first kappa shape index (κ1) is 25.0. The number of esters is 2. The summed E-state index contributed by atoms with van der Waals surface area (Å²) in [5.41, 5.74) is -0.433. The molecule has 0 aliphatic carbocycles. The van der Waals surface area contributed by atoms with Crippen molar-refractivity contribution in [1.82, 2.24) is 0 Å². The summed E-state index contributed by atoms with van der Waals surface area (Å²) in [6.07, 6.45) is 0. The van der Waals surface area contributed by atoms with Crippen LogP contribution >= 0.6 is 7.37 Å². The second-order valence-electron chi connectivity index (χ2n) is 7.06. The van der Waals surface area contributed by atoms with Crippen LogP contribution in [0, 0.1) is 6.92 Å². The molecule has 1 atom stereocenters. The van der Waals surface area contributed by atoms with Gasteiger partial charge in [-0.05, 0) is 51.5 Å². The van der Waals surface area contributed by atoms with Gasteiger partial charge in [-0.25, -0.2) is 9.59 Å². The largest absolute Gasteiger partial charge is 0.423 e. The summed E-state index contributed by atoms with van der Waals surface area (Å²) >= 11 is 0. The quantitative estimate of drug-likeness (QED) is 0.233. The van der Waals surface area contributed by atoms with Crippen LogP contribution in [0.15, 0.2) is 66.8 Å². The fourth-order valence-corrected chi connectivity index (χ4v) is 4.73. The summed E-state index contributed by atoms with van der Waals surface area (Å²) in [5, 5.41) is 0.209. The molecule has 8 heteroatoms. The second kappa shape index (κ2) is 10.4. The number of benzene rings is 2. The molecule has 0 aromatic heterocycles. The van der Waals surface area contributed by atoms with Gasteiger partial charge < -0.3 is 14.0 Å². The maximum Gasteiger partial charge on any atom is 0.338 e. The minimum absolute atomic E-state index is 0.0200. The van der Waals surface area contributed by atoms with E-state index in [1.807, 2.05) is 0 Å². The normalized spacial score (nSPS) is 12.4. The van der Waals surface area contributed by atoms with Gasteiger partial charge in [-0.1, -0.05) is 31.4 Å². The van der Waals surface area contributed by atoms with Crippen molar-refractivity contribution < 1.29 is 32.9 Å². The zero-order valence-corrected chi connectivity index (χ0v) is 19.4. The van der Waals surface area contributed by atoms with E-state index >= 15 is 0 Å². The van der Waals surface area contributed by atoms with Crippen molar-refractivity contribution in [2.75, 3.05) is 6.61 Å². The smallest absolute Gasteiger partial charge is 0.338 e. The molecule has 2 aromatic rings. The highest BCUT2D eigenvalue weighted by atomic mass is 31.2. The van der Waals surface area contributed by atoms with E-state index in [9.17, 15) is 18.9 Å². The molecule has 0 radical (unpaired) electrons. The second-order valence-corrected chi connectivity index (χ2v) is 9.35. The highest BCUT2D eigenvalue weighted by molar-refractivity contribution is 7.83. The molecule has 2 rings (SSSR count). The summed E-state index contributed by atoms with van der Waals surface area (Å²) in [5.74, 6) is -1.68. The van der Waals surface area contributed by atoms with Crippen molar-refractivity contribution in [2.45, 2.75) is 27.7 Å². The molecular weight excluding hydrogens is 431 g/mol. The van der Waals surface area contributed by atoms with Crippen molar-refractivity contribution in [3.63, 3.8) is 0 Å². The average molecular weight is 456 g/mol. The van der Waals surface area contributed by atoms with E-state index in [2.05, 4.69) is 13.2 Å². The Kier molecular flexibility index (Phi) is 8.08. The van der Waals surface area contributed by atoms with Crippen molar-refractivity contribution in [1.29, 1.82) is 0 Å². The van der Waals surface area contributed by atoms with E-state index in [4.69, 9.17) is 14.0 Å². The molecule has 0 N–H and O–H groups in total. The molecule has 32 heavy (non-hydrogen) atoms. The van der Waals surface area contributed by atoms with Gasteiger partial charge in [0.05, 0.1) is 12.2 Å². The Bertz CT molecular complexity index is 1130. The lowest BCUT2D eigenvalue weighted by Gasteiger charge is -2.20. The Morgan fingerprint density at radius 1 is 0.938 bits per heavy atom. The first-order chi connectivity index (χ1) is 15.0. The van der Waals surface area contributed by atoms with Crippen molar-refractivity contribution in [3.8, 4) is 11.5 Å². The maximum atomic E-state index is 13.8. The topological polar surface area (TPSA) is 96.0 Å². The van der Waals surface area contributed by atoms with Gasteiger partial charge in [0.15, 0.2) is 0 Å². The molecule has 0 fully saturated rings. The SMILES string of the molecule is C=C(C)C(=O)Oc1cc(C)c(C(=O)P(=O)(OCC)c2ccccc2)c(OC(=O)C(=C)C)c1. The van der Waals surface area contributed by atoms with Crippen LogP contribution in [0.5, 0.6) is 11.5 Å². The zero-order valence-electron chi connectivity index (χ0n) is 18.5. The molecule has 168 valence electrons. The number of carbonyl (C=O) groups is 3.